The van der Waals surface area contributed by atoms with E-state index in [2.05, 4.69) is 19.9 Å². The summed E-state index contributed by atoms with van der Waals surface area (Å²) in [6.07, 6.45) is 5.86. The second kappa shape index (κ2) is 4.04. The van der Waals surface area contributed by atoms with Crippen LogP contribution in [-0.4, -0.2) is 24.5 Å². The third-order valence-electron chi connectivity index (χ3n) is 2.14. The minimum absolute atomic E-state index is 0.266. The molecule has 0 radical (unpaired) electrons. The summed E-state index contributed by atoms with van der Waals surface area (Å²) in [5.41, 5.74) is 5.46. The van der Waals surface area contributed by atoms with Gasteiger partial charge in [-0.25, -0.2) is 15.0 Å². The lowest BCUT2D eigenvalue weighted by molar-refractivity contribution is 0.650. The van der Waals surface area contributed by atoms with E-state index >= 15 is 0 Å². The fraction of sp³-hybridized carbons (Fsp3) is 0.333. The topological polar surface area (TPSA) is 82.5 Å². The summed E-state index contributed by atoms with van der Waals surface area (Å²) >= 11 is 0. The van der Waals surface area contributed by atoms with Crippen LogP contribution < -0.4 is 5.73 Å². The zero-order valence-electron chi connectivity index (χ0n) is 8.46. The third kappa shape index (κ3) is 2.28. The van der Waals surface area contributed by atoms with Crippen LogP contribution in [0.5, 0.6) is 0 Å². The van der Waals surface area contributed by atoms with Gasteiger partial charge in [0.25, 0.3) is 0 Å². The van der Waals surface area contributed by atoms with E-state index < -0.39 is 0 Å². The number of aromatic nitrogens is 5. The molecule has 0 amide bonds. The molecule has 0 unspecified atom stereocenters. The van der Waals surface area contributed by atoms with Gasteiger partial charge in [-0.2, -0.15) is 4.98 Å². The Morgan fingerprint density at radius 1 is 1.33 bits per heavy atom. The van der Waals surface area contributed by atoms with E-state index in [-0.39, 0.29) is 5.95 Å². The van der Waals surface area contributed by atoms with Crippen molar-refractivity contribution < 1.29 is 0 Å². The zero-order chi connectivity index (χ0) is 10.7. The second-order valence-corrected chi connectivity index (χ2v) is 3.18. The molecule has 0 atom stereocenters. The molecule has 0 aliphatic rings. The van der Waals surface area contributed by atoms with Gasteiger partial charge in [0.05, 0.1) is 0 Å². The largest absolute Gasteiger partial charge is 0.368 e. The number of anilines is 1. The van der Waals surface area contributed by atoms with Crippen molar-refractivity contribution in [2.75, 3.05) is 5.73 Å². The van der Waals surface area contributed by atoms with Crippen molar-refractivity contribution in [3.05, 3.63) is 30.4 Å². The summed E-state index contributed by atoms with van der Waals surface area (Å²) in [6.45, 7) is 2.76. The Morgan fingerprint density at radius 2 is 2.20 bits per heavy atom. The molecule has 6 nitrogen and oxygen atoms in total. The first-order valence-electron chi connectivity index (χ1n) is 4.67. The van der Waals surface area contributed by atoms with E-state index in [4.69, 9.17) is 5.73 Å². The Kier molecular flexibility index (Phi) is 2.57. The molecule has 78 valence electrons. The molecule has 0 aliphatic carbocycles. The third-order valence-corrected chi connectivity index (χ3v) is 2.14. The maximum Gasteiger partial charge on any atom is 0.223 e. The Bertz CT molecular complexity index is 449. The Balaban J connectivity index is 2.02. The molecule has 0 aromatic carbocycles. The number of nitrogens with two attached hydrogens (primary N) is 1. The smallest absolute Gasteiger partial charge is 0.223 e. The maximum atomic E-state index is 5.46. The molecule has 2 N–H and O–H groups in total. The zero-order valence-corrected chi connectivity index (χ0v) is 8.46. The Morgan fingerprint density at radius 3 is 2.87 bits per heavy atom. The van der Waals surface area contributed by atoms with Crippen molar-refractivity contribution in [2.45, 2.75) is 19.9 Å². The number of imidazole rings is 1. The van der Waals surface area contributed by atoms with Gasteiger partial charge in [0.1, 0.15) is 18.0 Å². The van der Waals surface area contributed by atoms with Gasteiger partial charge in [-0.1, -0.05) is 0 Å². The molecular formula is C9H12N6. The lowest BCUT2D eigenvalue weighted by Gasteiger charge is -2.03. The molecule has 2 aromatic rings. The molecule has 2 rings (SSSR count). The van der Waals surface area contributed by atoms with Crippen molar-refractivity contribution in [3.63, 3.8) is 0 Å². The second-order valence-electron chi connectivity index (χ2n) is 3.18. The van der Waals surface area contributed by atoms with Crippen LogP contribution in [-0.2, 0) is 13.0 Å². The van der Waals surface area contributed by atoms with E-state index in [1.165, 1.54) is 6.33 Å². The normalized spacial score (nSPS) is 10.5. The van der Waals surface area contributed by atoms with Crippen molar-refractivity contribution in [2.24, 2.45) is 0 Å². The molecule has 0 aliphatic heterocycles. The molecule has 0 saturated carbocycles. The van der Waals surface area contributed by atoms with Crippen LogP contribution in [0.2, 0.25) is 0 Å². The number of nitrogen functional groups attached to an aromatic ring is 1. The van der Waals surface area contributed by atoms with Gasteiger partial charge in [-0.05, 0) is 6.92 Å². The fourth-order valence-electron chi connectivity index (χ4n) is 1.33. The molecule has 2 aromatic heterocycles. The van der Waals surface area contributed by atoms with Gasteiger partial charge in [-0.3, -0.25) is 0 Å². The van der Waals surface area contributed by atoms with Crippen LogP contribution in [0.4, 0.5) is 5.95 Å². The number of hydrogen-bond donors (Lipinski definition) is 1. The van der Waals surface area contributed by atoms with E-state index in [1.54, 1.807) is 6.20 Å². The summed E-state index contributed by atoms with van der Waals surface area (Å²) in [7, 11) is 0. The van der Waals surface area contributed by atoms with Gasteiger partial charge in [0.2, 0.25) is 5.95 Å². The van der Waals surface area contributed by atoms with Crippen LogP contribution in [0.3, 0.4) is 0 Å². The minimum Gasteiger partial charge on any atom is -0.368 e. The van der Waals surface area contributed by atoms with Gasteiger partial charge in [0.15, 0.2) is 0 Å². The fourth-order valence-corrected chi connectivity index (χ4v) is 1.33. The van der Waals surface area contributed by atoms with Gasteiger partial charge in [0, 0.05) is 25.4 Å². The summed E-state index contributed by atoms with van der Waals surface area (Å²) in [5, 5.41) is 0. The molecule has 0 bridgehead atoms. The number of hydrogen-bond acceptors (Lipinski definition) is 5. The first kappa shape index (κ1) is 9.57. The summed E-state index contributed by atoms with van der Waals surface area (Å²) in [6, 6.07) is 0. The first-order chi connectivity index (χ1) is 7.25. The Labute approximate surface area is 87.2 Å². The van der Waals surface area contributed by atoms with Crippen LogP contribution in [0.25, 0.3) is 0 Å². The van der Waals surface area contributed by atoms with Crippen LogP contribution >= 0.6 is 0 Å². The van der Waals surface area contributed by atoms with Crippen LogP contribution in [0.15, 0.2) is 18.7 Å². The monoisotopic (exact) mass is 204 g/mol. The SMILES string of the molecule is Cc1nccn1CCc1ncnc(N)n1. The highest BCUT2D eigenvalue weighted by atomic mass is 15.1. The molecule has 0 fully saturated rings. The predicted molar refractivity (Wildman–Crippen MR) is 54.9 cm³/mol. The molecule has 0 spiro atoms. The number of aryl methyl sites for hydroxylation is 3. The van der Waals surface area contributed by atoms with Crippen molar-refractivity contribution >= 4 is 5.95 Å². The quantitative estimate of drug-likeness (QED) is 0.772. The molecule has 15 heavy (non-hydrogen) atoms. The minimum atomic E-state index is 0.266. The average molecular weight is 204 g/mol. The highest BCUT2D eigenvalue weighted by Crippen LogP contribution is 1.99. The molecule has 0 saturated heterocycles. The molecular weight excluding hydrogens is 192 g/mol. The summed E-state index contributed by atoms with van der Waals surface area (Å²) < 4.78 is 2.04. The van der Waals surface area contributed by atoms with Gasteiger partial charge in [-0.15, -0.1) is 0 Å². The highest BCUT2D eigenvalue weighted by Gasteiger charge is 2.00. The Hall–Kier alpha value is -1.98. The number of rotatable bonds is 3. The van der Waals surface area contributed by atoms with Crippen molar-refractivity contribution in [3.8, 4) is 0 Å². The van der Waals surface area contributed by atoms with E-state index in [0.717, 1.165) is 18.8 Å². The number of nitrogens with zero attached hydrogens (tertiary/aromatic N) is 5. The highest BCUT2D eigenvalue weighted by molar-refractivity contribution is 5.12. The average Bonchev–Trinajstić information content (AvgIpc) is 2.61. The lowest BCUT2D eigenvalue weighted by atomic mass is 10.4. The van der Waals surface area contributed by atoms with Gasteiger partial charge < -0.3 is 10.3 Å². The molecule has 6 heteroatoms. The van der Waals surface area contributed by atoms with Crippen LogP contribution in [0, 0.1) is 6.92 Å². The summed E-state index contributed by atoms with van der Waals surface area (Å²) in [5.74, 6) is 1.95. The predicted octanol–water partition coefficient (Wildman–Crippen LogP) is 0.201. The van der Waals surface area contributed by atoms with Crippen molar-refractivity contribution in [1.82, 2.24) is 24.5 Å². The van der Waals surface area contributed by atoms with E-state index in [0.29, 0.717) is 5.82 Å². The van der Waals surface area contributed by atoms with Gasteiger partial charge >= 0.3 is 0 Å². The van der Waals surface area contributed by atoms with E-state index in [9.17, 15) is 0 Å². The standard InChI is InChI=1S/C9H12N6/c1-7-11-3-5-15(7)4-2-8-12-6-13-9(10)14-8/h3,5-6H,2,4H2,1H3,(H2,10,12,13,14). The van der Waals surface area contributed by atoms with Crippen molar-refractivity contribution in [1.29, 1.82) is 0 Å². The van der Waals surface area contributed by atoms with E-state index in [1.807, 2.05) is 17.7 Å². The maximum absolute atomic E-state index is 5.46. The molecule has 2 heterocycles. The summed E-state index contributed by atoms with van der Waals surface area (Å²) in [4.78, 5) is 15.9. The lowest BCUT2D eigenvalue weighted by Crippen LogP contribution is -2.07. The van der Waals surface area contributed by atoms with Crippen LogP contribution in [0.1, 0.15) is 11.6 Å². The first-order valence-corrected chi connectivity index (χ1v) is 4.67.